The molecule has 7 heteroatoms. The molecule has 7 nitrogen and oxygen atoms in total. The average molecular weight is 341 g/mol. The van der Waals surface area contributed by atoms with Crippen molar-refractivity contribution in [3.63, 3.8) is 0 Å². The van der Waals surface area contributed by atoms with E-state index in [2.05, 4.69) is 15.6 Å². The van der Waals surface area contributed by atoms with Gasteiger partial charge in [0.05, 0.1) is 5.56 Å². The molecule has 130 valence electrons. The molecule has 0 aliphatic carbocycles. The third kappa shape index (κ3) is 5.13. The zero-order valence-electron chi connectivity index (χ0n) is 13.7. The quantitative estimate of drug-likeness (QED) is 0.709. The van der Waals surface area contributed by atoms with Gasteiger partial charge in [0.15, 0.2) is 0 Å². The number of carbonyl (C=O) groups is 3. The Hall–Kier alpha value is -3.22. The van der Waals surface area contributed by atoms with Crippen molar-refractivity contribution < 1.29 is 19.5 Å². The minimum atomic E-state index is -1.06. The number of pyridine rings is 1. The predicted octanol–water partition coefficient (Wildman–Crippen LogP) is 1.60. The summed E-state index contributed by atoms with van der Waals surface area (Å²) in [5, 5.41) is 14.2. The van der Waals surface area contributed by atoms with Crippen LogP contribution in [0.5, 0.6) is 0 Å². The molecule has 0 aliphatic heterocycles. The van der Waals surface area contributed by atoms with Gasteiger partial charge >= 0.3 is 5.97 Å². The number of nitrogens with one attached hydrogen (secondary N) is 2. The number of benzene rings is 1. The van der Waals surface area contributed by atoms with Crippen LogP contribution >= 0.6 is 0 Å². The molecular formula is C18H19N3O4. The molecule has 0 spiro atoms. The van der Waals surface area contributed by atoms with Gasteiger partial charge in [0.1, 0.15) is 6.04 Å². The summed E-state index contributed by atoms with van der Waals surface area (Å²) >= 11 is 0. The van der Waals surface area contributed by atoms with Gasteiger partial charge in [-0.2, -0.15) is 0 Å². The molecule has 0 bridgehead atoms. The predicted molar refractivity (Wildman–Crippen MR) is 91.0 cm³/mol. The minimum absolute atomic E-state index is 0.234. The van der Waals surface area contributed by atoms with Gasteiger partial charge in [-0.1, -0.05) is 19.1 Å². The SMILES string of the molecule is CCC(NC(=O)c1ccc(CNC(=O)c2cccnc2)cc1)C(=O)O. The Labute approximate surface area is 145 Å². The van der Waals surface area contributed by atoms with Crippen LogP contribution in [-0.4, -0.2) is 33.9 Å². The Bertz CT molecular complexity index is 745. The van der Waals surface area contributed by atoms with Gasteiger partial charge in [-0.05, 0) is 36.2 Å². The standard InChI is InChI=1S/C18H19N3O4/c1-2-15(18(24)25)21-17(23)13-7-5-12(6-8-13)10-20-16(22)14-4-3-9-19-11-14/h3-9,11,15H,2,10H2,1H3,(H,20,22)(H,21,23)(H,24,25). The van der Waals surface area contributed by atoms with Gasteiger partial charge in [-0.15, -0.1) is 0 Å². The number of rotatable bonds is 7. The lowest BCUT2D eigenvalue weighted by atomic mass is 10.1. The van der Waals surface area contributed by atoms with Crippen LogP contribution in [0.2, 0.25) is 0 Å². The van der Waals surface area contributed by atoms with E-state index in [1.165, 1.54) is 6.20 Å². The number of amides is 2. The van der Waals surface area contributed by atoms with E-state index < -0.39 is 17.9 Å². The summed E-state index contributed by atoms with van der Waals surface area (Å²) in [6, 6.07) is 9.04. The molecule has 3 N–H and O–H groups in total. The molecule has 1 atom stereocenters. The number of aliphatic carboxylic acids is 1. The highest BCUT2D eigenvalue weighted by Gasteiger charge is 2.18. The van der Waals surface area contributed by atoms with E-state index in [-0.39, 0.29) is 5.91 Å². The van der Waals surface area contributed by atoms with E-state index in [0.29, 0.717) is 24.1 Å². The molecule has 1 aromatic heterocycles. The molecule has 1 aromatic carbocycles. The highest BCUT2D eigenvalue weighted by molar-refractivity contribution is 5.96. The van der Waals surface area contributed by atoms with Crippen molar-refractivity contribution in [3.05, 3.63) is 65.5 Å². The minimum Gasteiger partial charge on any atom is -0.480 e. The zero-order chi connectivity index (χ0) is 18.2. The first-order chi connectivity index (χ1) is 12.0. The van der Waals surface area contributed by atoms with Crippen LogP contribution in [0.25, 0.3) is 0 Å². The van der Waals surface area contributed by atoms with Crippen LogP contribution in [-0.2, 0) is 11.3 Å². The number of carbonyl (C=O) groups excluding carboxylic acids is 2. The second kappa shape index (κ2) is 8.58. The van der Waals surface area contributed by atoms with Gasteiger partial charge in [-0.3, -0.25) is 14.6 Å². The third-order valence-corrected chi connectivity index (χ3v) is 3.60. The lowest BCUT2D eigenvalue weighted by molar-refractivity contribution is -0.139. The topological polar surface area (TPSA) is 108 Å². The van der Waals surface area contributed by atoms with Crippen molar-refractivity contribution in [3.8, 4) is 0 Å². The molecule has 2 aromatic rings. The van der Waals surface area contributed by atoms with Crippen molar-refractivity contribution in [2.75, 3.05) is 0 Å². The highest BCUT2D eigenvalue weighted by atomic mass is 16.4. The fourth-order valence-electron chi connectivity index (χ4n) is 2.14. The van der Waals surface area contributed by atoms with Crippen LogP contribution in [0.4, 0.5) is 0 Å². The molecule has 0 radical (unpaired) electrons. The lowest BCUT2D eigenvalue weighted by Crippen LogP contribution is -2.40. The van der Waals surface area contributed by atoms with Crippen LogP contribution in [0.15, 0.2) is 48.8 Å². The zero-order valence-corrected chi connectivity index (χ0v) is 13.7. The largest absolute Gasteiger partial charge is 0.480 e. The van der Waals surface area contributed by atoms with E-state index >= 15 is 0 Å². The summed E-state index contributed by atoms with van der Waals surface area (Å²) in [6.45, 7) is 2.00. The second-order valence-electron chi connectivity index (χ2n) is 5.39. The summed E-state index contributed by atoms with van der Waals surface area (Å²) in [6.07, 6.45) is 3.38. The number of aromatic nitrogens is 1. The molecule has 0 aliphatic rings. The van der Waals surface area contributed by atoms with Crippen molar-refractivity contribution in [1.82, 2.24) is 15.6 Å². The smallest absolute Gasteiger partial charge is 0.326 e. The van der Waals surface area contributed by atoms with E-state index in [4.69, 9.17) is 5.11 Å². The molecule has 0 saturated heterocycles. The molecular weight excluding hydrogens is 322 g/mol. The number of hydrogen-bond donors (Lipinski definition) is 3. The lowest BCUT2D eigenvalue weighted by Gasteiger charge is -2.12. The molecule has 1 heterocycles. The Balaban J connectivity index is 1.92. The molecule has 0 saturated carbocycles. The first kappa shape index (κ1) is 18.1. The Morgan fingerprint density at radius 2 is 1.80 bits per heavy atom. The van der Waals surface area contributed by atoms with E-state index in [1.54, 1.807) is 49.5 Å². The summed E-state index contributed by atoms with van der Waals surface area (Å²) in [5.41, 5.74) is 1.65. The van der Waals surface area contributed by atoms with Gasteiger partial charge in [0.2, 0.25) is 0 Å². The summed E-state index contributed by atoms with van der Waals surface area (Å²) in [4.78, 5) is 38.8. The number of nitrogens with zero attached hydrogens (tertiary/aromatic N) is 1. The van der Waals surface area contributed by atoms with Gasteiger partial charge in [0.25, 0.3) is 11.8 Å². The molecule has 25 heavy (non-hydrogen) atoms. The molecule has 0 fully saturated rings. The van der Waals surface area contributed by atoms with Crippen LogP contribution in [0.3, 0.4) is 0 Å². The number of carboxylic acids is 1. The van der Waals surface area contributed by atoms with Crippen LogP contribution in [0.1, 0.15) is 39.6 Å². The third-order valence-electron chi connectivity index (χ3n) is 3.60. The van der Waals surface area contributed by atoms with Gasteiger partial charge in [0, 0.05) is 24.5 Å². The van der Waals surface area contributed by atoms with Gasteiger partial charge in [-0.25, -0.2) is 4.79 Å². The maximum absolute atomic E-state index is 12.0. The first-order valence-corrected chi connectivity index (χ1v) is 7.82. The number of carboxylic acid groups (broad SMARTS) is 1. The monoisotopic (exact) mass is 341 g/mol. The maximum atomic E-state index is 12.0. The highest BCUT2D eigenvalue weighted by Crippen LogP contribution is 2.06. The fraction of sp³-hybridized carbons (Fsp3) is 0.222. The fourth-order valence-corrected chi connectivity index (χ4v) is 2.14. The summed E-state index contributed by atoms with van der Waals surface area (Å²) in [5.74, 6) is -1.74. The van der Waals surface area contributed by atoms with E-state index in [9.17, 15) is 14.4 Å². The Morgan fingerprint density at radius 3 is 2.36 bits per heavy atom. The molecule has 2 rings (SSSR count). The van der Waals surface area contributed by atoms with E-state index in [0.717, 1.165) is 5.56 Å². The van der Waals surface area contributed by atoms with Crippen LogP contribution < -0.4 is 10.6 Å². The van der Waals surface area contributed by atoms with E-state index in [1.807, 2.05) is 0 Å². The molecule has 2 amide bonds. The molecule has 1 unspecified atom stereocenters. The maximum Gasteiger partial charge on any atom is 0.326 e. The normalized spacial score (nSPS) is 11.4. The van der Waals surface area contributed by atoms with Crippen molar-refractivity contribution >= 4 is 17.8 Å². The average Bonchev–Trinajstić information content (AvgIpc) is 2.64. The van der Waals surface area contributed by atoms with Crippen molar-refractivity contribution in [2.24, 2.45) is 0 Å². The van der Waals surface area contributed by atoms with Gasteiger partial charge < -0.3 is 15.7 Å². The summed E-state index contributed by atoms with van der Waals surface area (Å²) in [7, 11) is 0. The summed E-state index contributed by atoms with van der Waals surface area (Å²) < 4.78 is 0. The van der Waals surface area contributed by atoms with Crippen LogP contribution in [0, 0.1) is 0 Å². The Kier molecular flexibility index (Phi) is 6.22. The Morgan fingerprint density at radius 1 is 1.08 bits per heavy atom. The van der Waals surface area contributed by atoms with Crippen molar-refractivity contribution in [1.29, 1.82) is 0 Å². The van der Waals surface area contributed by atoms with Crippen molar-refractivity contribution in [2.45, 2.75) is 25.9 Å². The number of hydrogen-bond acceptors (Lipinski definition) is 4. The second-order valence-corrected chi connectivity index (χ2v) is 5.39. The first-order valence-electron chi connectivity index (χ1n) is 7.82.